The third kappa shape index (κ3) is 13.2. The van der Waals surface area contributed by atoms with Gasteiger partial charge in [-0.15, -0.1) is 0 Å². The van der Waals surface area contributed by atoms with Gasteiger partial charge in [0.25, 0.3) is 0 Å². The third-order valence-corrected chi connectivity index (χ3v) is 11.3. The molecule has 0 bridgehead atoms. The summed E-state index contributed by atoms with van der Waals surface area (Å²) in [4.78, 5) is 40.8. The van der Waals surface area contributed by atoms with Gasteiger partial charge in [-0.05, 0) is 159 Å². The zero-order chi connectivity index (χ0) is 39.0. The monoisotopic (exact) mass is 772 g/mol. The van der Waals surface area contributed by atoms with Gasteiger partial charge in [0.05, 0.1) is 0 Å². The standard InChI is InChI=1S/C21H31ClN2O2.C13H24N2O2.C8H7ClO/c1-16-5-6-18(22)13-17(16)14-23-10-7-21(15-23)8-11-24(12-9-21)19(25)26-20(2,3)4;1-12(2,3)17-11(16)15-8-5-13(6-9-15)4-7-14-10-13;1-6-2-3-8(9)4-7(6)5-10/h5-6,13H,7-12,14-15H2,1-4H3;14H,4-10H2,1-3H3;2-5H,1H3. The smallest absolute Gasteiger partial charge is 0.410 e. The van der Waals surface area contributed by atoms with Gasteiger partial charge in [-0.1, -0.05) is 35.3 Å². The van der Waals surface area contributed by atoms with E-state index in [1.165, 1.54) is 24.0 Å². The van der Waals surface area contributed by atoms with Crippen LogP contribution in [0.25, 0.3) is 0 Å². The molecule has 0 atom stereocenters. The number of carbonyl (C=O) groups excluding carboxylic acids is 3. The van der Waals surface area contributed by atoms with E-state index in [-0.39, 0.29) is 17.8 Å². The van der Waals surface area contributed by atoms with E-state index in [2.05, 4.69) is 29.3 Å². The molecule has 9 nitrogen and oxygen atoms in total. The van der Waals surface area contributed by atoms with Gasteiger partial charge in [-0.25, -0.2) is 9.59 Å². The van der Waals surface area contributed by atoms with Crippen molar-refractivity contribution in [2.75, 3.05) is 52.4 Å². The third-order valence-electron chi connectivity index (χ3n) is 10.9. The summed E-state index contributed by atoms with van der Waals surface area (Å²) in [7, 11) is 0. The van der Waals surface area contributed by atoms with Crippen LogP contribution in [0.4, 0.5) is 9.59 Å². The van der Waals surface area contributed by atoms with Gasteiger partial charge in [0.15, 0.2) is 0 Å². The highest BCUT2D eigenvalue weighted by Gasteiger charge is 2.42. The number of piperidine rings is 2. The molecular weight excluding hydrogens is 711 g/mol. The van der Waals surface area contributed by atoms with Gasteiger partial charge < -0.3 is 24.6 Å². The fourth-order valence-electron chi connectivity index (χ4n) is 7.56. The topological polar surface area (TPSA) is 91.4 Å². The summed E-state index contributed by atoms with van der Waals surface area (Å²) in [5.74, 6) is 0. The Kier molecular flexibility index (Phi) is 14.7. The summed E-state index contributed by atoms with van der Waals surface area (Å²) in [6.45, 7) is 24.3. The van der Waals surface area contributed by atoms with Crippen molar-refractivity contribution in [2.24, 2.45) is 10.8 Å². The minimum atomic E-state index is -0.425. The van der Waals surface area contributed by atoms with Crippen molar-refractivity contribution in [3.63, 3.8) is 0 Å². The van der Waals surface area contributed by atoms with Gasteiger partial charge in [0.1, 0.15) is 17.5 Å². The van der Waals surface area contributed by atoms with Gasteiger partial charge in [-0.3, -0.25) is 9.69 Å². The van der Waals surface area contributed by atoms with E-state index in [4.69, 9.17) is 32.7 Å². The molecule has 2 aromatic carbocycles. The minimum Gasteiger partial charge on any atom is -0.444 e. The number of aldehydes is 1. The first-order chi connectivity index (χ1) is 24.8. The SMILES string of the molecule is CC(C)(C)OC(=O)N1CCC2(CCNC2)CC1.Cc1ccc(Cl)cc1C=O.Cc1ccc(Cl)cc1CN1CCC2(CCN(C(=O)OC(C)(C)C)CC2)C1. The van der Waals surface area contributed by atoms with Crippen LogP contribution in [-0.4, -0.2) is 96.7 Å². The average molecular weight is 774 g/mol. The zero-order valence-electron chi connectivity index (χ0n) is 33.3. The second-order valence-electron chi connectivity index (χ2n) is 17.5. The summed E-state index contributed by atoms with van der Waals surface area (Å²) in [6.07, 6.45) is 7.31. The molecule has 6 rings (SSSR count). The van der Waals surface area contributed by atoms with Crippen LogP contribution in [0.5, 0.6) is 0 Å². The summed E-state index contributed by atoms with van der Waals surface area (Å²) >= 11 is 11.8. The number of amides is 2. The molecule has 11 heteroatoms. The fraction of sp³-hybridized carbons (Fsp3) is 0.643. The number of nitrogens with one attached hydrogen (secondary N) is 1. The van der Waals surface area contributed by atoms with Gasteiger partial charge in [-0.2, -0.15) is 0 Å². The molecule has 0 aliphatic carbocycles. The molecule has 53 heavy (non-hydrogen) atoms. The normalized spacial score (nSPS) is 19.6. The lowest BCUT2D eigenvalue weighted by molar-refractivity contribution is 0.0102. The van der Waals surface area contributed by atoms with Crippen LogP contribution in [0, 0.1) is 24.7 Å². The van der Waals surface area contributed by atoms with E-state index >= 15 is 0 Å². The highest BCUT2D eigenvalue weighted by Crippen LogP contribution is 2.41. The molecule has 4 saturated heterocycles. The summed E-state index contributed by atoms with van der Waals surface area (Å²) < 4.78 is 10.9. The van der Waals surface area contributed by atoms with Crippen LogP contribution >= 0.6 is 23.2 Å². The molecule has 4 fully saturated rings. The van der Waals surface area contributed by atoms with Crippen LogP contribution < -0.4 is 5.32 Å². The molecule has 4 heterocycles. The van der Waals surface area contributed by atoms with Crippen LogP contribution in [0.2, 0.25) is 10.0 Å². The molecule has 2 aromatic rings. The quantitative estimate of drug-likeness (QED) is 0.311. The van der Waals surface area contributed by atoms with Crippen molar-refractivity contribution in [3.05, 3.63) is 68.7 Å². The summed E-state index contributed by atoms with van der Waals surface area (Å²) in [5, 5.41) is 4.85. The van der Waals surface area contributed by atoms with Crippen molar-refractivity contribution >= 4 is 41.7 Å². The second-order valence-corrected chi connectivity index (χ2v) is 18.4. The lowest BCUT2D eigenvalue weighted by atomic mass is 9.78. The zero-order valence-corrected chi connectivity index (χ0v) is 34.8. The number of carbonyl (C=O) groups is 3. The summed E-state index contributed by atoms with van der Waals surface area (Å²) in [5.41, 5.74) is 4.23. The van der Waals surface area contributed by atoms with Gasteiger partial charge in [0.2, 0.25) is 0 Å². The first-order valence-corrected chi connectivity index (χ1v) is 19.9. The lowest BCUT2D eigenvalue weighted by Gasteiger charge is -2.39. The highest BCUT2D eigenvalue weighted by molar-refractivity contribution is 6.31. The van der Waals surface area contributed by atoms with Crippen molar-refractivity contribution in [2.45, 2.75) is 112 Å². The Labute approximate surface area is 328 Å². The number of likely N-dealkylation sites (tertiary alicyclic amines) is 3. The Morgan fingerprint density at radius 1 is 0.736 bits per heavy atom. The van der Waals surface area contributed by atoms with E-state index in [9.17, 15) is 14.4 Å². The highest BCUT2D eigenvalue weighted by atomic mass is 35.5. The first-order valence-electron chi connectivity index (χ1n) is 19.2. The molecule has 1 N–H and O–H groups in total. The van der Waals surface area contributed by atoms with E-state index < -0.39 is 5.60 Å². The van der Waals surface area contributed by atoms with Gasteiger partial charge >= 0.3 is 12.2 Å². The number of hydrogen-bond donors (Lipinski definition) is 1. The van der Waals surface area contributed by atoms with Crippen molar-refractivity contribution < 1.29 is 23.9 Å². The molecule has 0 unspecified atom stereocenters. The predicted molar refractivity (Wildman–Crippen MR) is 214 cm³/mol. The molecule has 4 aliphatic rings. The number of ether oxygens (including phenoxy) is 2. The molecule has 0 aromatic heterocycles. The number of aryl methyl sites for hydroxylation is 2. The van der Waals surface area contributed by atoms with Crippen LogP contribution in [0.1, 0.15) is 107 Å². The first kappa shape index (κ1) is 42.9. The molecule has 0 radical (unpaired) electrons. The second kappa shape index (κ2) is 18.2. The van der Waals surface area contributed by atoms with E-state index in [1.807, 2.05) is 70.4 Å². The molecule has 2 spiro atoms. The Hall–Kier alpha value is -2.85. The number of nitrogens with zero attached hydrogens (tertiary/aromatic N) is 3. The van der Waals surface area contributed by atoms with Crippen LogP contribution in [0.3, 0.4) is 0 Å². The summed E-state index contributed by atoms with van der Waals surface area (Å²) in [6, 6.07) is 11.4. The molecule has 4 aliphatic heterocycles. The van der Waals surface area contributed by atoms with Crippen molar-refractivity contribution in [1.29, 1.82) is 0 Å². The average Bonchev–Trinajstić information content (AvgIpc) is 3.70. The van der Waals surface area contributed by atoms with Crippen LogP contribution in [-0.2, 0) is 16.0 Å². The fourth-order valence-corrected chi connectivity index (χ4v) is 7.94. The largest absolute Gasteiger partial charge is 0.444 e. The van der Waals surface area contributed by atoms with Crippen LogP contribution in [0.15, 0.2) is 36.4 Å². The maximum absolute atomic E-state index is 12.3. The maximum Gasteiger partial charge on any atom is 0.410 e. The number of hydrogen-bond acceptors (Lipinski definition) is 7. The van der Waals surface area contributed by atoms with E-state index in [1.54, 1.807) is 12.1 Å². The van der Waals surface area contributed by atoms with Crippen molar-refractivity contribution in [3.8, 4) is 0 Å². The Morgan fingerprint density at radius 3 is 1.70 bits per heavy atom. The predicted octanol–water partition coefficient (Wildman–Crippen LogP) is 9.33. The lowest BCUT2D eigenvalue weighted by Crippen LogP contribution is -2.46. The Bertz CT molecular complexity index is 1550. The number of benzene rings is 2. The molecule has 294 valence electrons. The van der Waals surface area contributed by atoms with E-state index in [0.717, 1.165) is 101 Å². The Morgan fingerprint density at radius 2 is 1.23 bits per heavy atom. The molecule has 2 amide bonds. The number of halogens is 2. The van der Waals surface area contributed by atoms with Crippen molar-refractivity contribution in [1.82, 2.24) is 20.0 Å². The number of rotatable bonds is 3. The maximum atomic E-state index is 12.3. The van der Waals surface area contributed by atoms with Gasteiger partial charge in [0, 0.05) is 61.4 Å². The van der Waals surface area contributed by atoms with E-state index in [0.29, 0.717) is 21.4 Å². The molecular formula is C42H62Cl2N4O5. The minimum absolute atomic E-state index is 0.154. The Balaban J connectivity index is 0.000000198. The molecule has 0 saturated carbocycles.